The zero-order valence-corrected chi connectivity index (χ0v) is 14.4. The molecule has 0 aliphatic carbocycles. The highest BCUT2D eigenvalue weighted by atomic mass is 35.5. The molecule has 126 valence electrons. The van der Waals surface area contributed by atoms with Crippen molar-refractivity contribution in [2.45, 2.75) is 6.92 Å². The number of para-hydroxylation sites is 2. The topological polar surface area (TPSA) is 87.6 Å². The first-order chi connectivity index (χ1) is 12.6. The fourth-order valence-corrected chi connectivity index (χ4v) is 2.73. The van der Waals surface area contributed by atoms with Crippen LogP contribution in [0.15, 0.2) is 52.9 Å². The molecule has 26 heavy (non-hydrogen) atoms. The van der Waals surface area contributed by atoms with Gasteiger partial charge in [0.15, 0.2) is 5.58 Å². The first kappa shape index (κ1) is 16.1. The molecule has 0 saturated heterocycles. The molecule has 0 radical (unpaired) electrons. The third-order valence-corrected chi connectivity index (χ3v) is 4.08. The van der Waals surface area contributed by atoms with E-state index >= 15 is 0 Å². The Kier molecular flexibility index (Phi) is 3.99. The van der Waals surface area contributed by atoms with Crippen molar-refractivity contribution in [3.63, 3.8) is 0 Å². The molecule has 0 saturated carbocycles. The molecule has 0 spiro atoms. The molecule has 0 amide bonds. The molecular formula is C19H12ClN5O. The monoisotopic (exact) mass is 361 g/mol. The van der Waals surface area contributed by atoms with Crippen molar-refractivity contribution in [2.75, 3.05) is 5.32 Å². The van der Waals surface area contributed by atoms with E-state index in [1.807, 2.05) is 36.4 Å². The predicted octanol–water partition coefficient (Wildman–Crippen LogP) is 4.86. The lowest BCUT2D eigenvalue weighted by atomic mass is 10.1. The van der Waals surface area contributed by atoms with Crippen molar-refractivity contribution in [3.05, 3.63) is 64.8 Å². The number of rotatable bonds is 3. The molecule has 0 fully saturated rings. The molecule has 1 N–H and O–H groups in total. The predicted molar refractivity (Wildman–Crippen MR) is 99.2 cm³/mol. The Morgan fingerprint density at radius 2 is 1.81 bits per heavy atom. The molecule has 0 bridgehead atoms. The van der Waals surface area contributed by atoms with Crippen molar-refractivity contribution < 1.29 is 4.42 Å². The Balaban J connectivity index is 1.77. The van der Waals surface area contributed by atoms with E-state index in [-0.39, 0.29) is 6.01 Å². The smallest absolute Gasteiger partial charge is 0.302 e. The third-order valence-electron chi connectivity index (χ3n) is 3.83. The van der Waals surface area contributed by atoms with Crippen LogP contribution in [0.3, 0.4) is 0 Å². The minimum atomic E-state index is 0.289. The van der Waals surface area contributed by atoms with Crippen LogP contribution in [-0.4, -0.2) is 15.0 Å². The van der Waals surface area contributed by atoms with Gasteiger partial charge in [0.2, 0.25) is 5.95 Å². The number of nitriles is 1. The first-order valence-electron chi connectivity index (χ1n) is 7.81. The number of nitrogens with one attached hydrogen (secondary N) is 1. The van der Waals surface area contributed by atoms with Crippen LogP contribution in [0, 0.1) is 18.3 Å². The van der Waals surface area contributed by atoms with E-state index in [1.54, 1.807) is 19.1 Å². The lowest BCUT2D eigenvalue weighted by Gasteiger charge is -2.09. The fraction of sp³-hybridized carbons (Fsp3) is 0.0526. The molecule has 2 aromatic heterocycles. The molecule has 6 nitrogen and oxygen atoms in total. The molecule has 0 atom stereocenters. The van der Waals surface area contributed by atoms with Gasteiger partial charge in [-0.05, 0) is 31.2 Å². The molecule has 0 unspecified atom stereocenters. The number of anilines is 2. The van der Waals surface area contributed by atoms with Gasteiger partial charge in [-0.1, -0.05) is 35.9 Å². The third kappa shape index (κ3) is 2.96. The number of aryl methyl sites for hydroxylation is 1. The quantitative estimate of drug-likeness (QED) is 0.560. The van der Waals surface area contributed by atoms with Crippen LogP contribution in [0.5, 0.6) is 0 Å². The number of halogens is 1. The summed E-state index contributed by atoms with van der Waals surface area (Å²) in [6.07, 6.45) is 0. The lowest BCUT2D eigenvalue weighted by molar-refractivity contribution is 0.621. The average molecular weight is 362 g/mol. The van der Waals surface area contributed by atoms with Crippen molar-refractivity contribution in [2.24, 2.45) is 0 Å². The van der Waals surface area contributed by atoms with Crippen molar-refractivity contribution in [1.82, 2.24) is 15.0 Å². The maximum atomic E-state index is 9.48. The summed E-state index contributed by atoms with van der Waals surface area (Å²) in [5, 5.41) is 13.1. The minimum absolute atomic E-state index is 0.289. The first-order valence-corrected chi connectivity index (χ1v) is 8.19. The van der Waals surface area contributed by atoms with Crippen molar-refractivity contribution in [1.29, 1.82) is 5.26 Å². The van der Waals surface area contributed by atoms with E-state index in [4.69, 9.17) is 16.0 Å². The molecule has 4 aromatic rings. The normalized spacial score (nSPS) is 10.7. The SMILES string of the molecule is Cc1nc(Nc2nc3ccccc3o2)nc(-c2ccc(Cl)cc2)c1C#N. The van der Waals surface area contributed by atoms with E-state index in [9.17, 15) is 5.26 Å². The lowest BCUT2D eigenvalue weighted by Crippen LogP contribution is -2.03. The Morgan fingerprint density at radius 3 is 2.54 bits per heavy atom. The van der Waals surface area contributed by atoms with Crippen LogP contribution in [0.4, 0.5) is 12.0 Å². The van der Waals surface area contributed by atoms with E-state index in [1.165, 1.54) is 0 Å². The van der Waals surface area contributed by atoms with E-state index in [2.05, 4.69) is 26.3 Å². The molecule has 4 rings (SSSR count). The van der Waals surface area contributed by atoms with Gasteiger partial charge in [-0.3, -0.25) is 5.32 Å². The van der Waals surface area contributed by atoms with Crippen LogP contribution in [0.2, 0.25) is 5.02 Å². The van der Waals surface area contributed by atoms with Crippen LogP contribution in [0.1, 0.15) is 11.3 Å². The van der Waals surface area contributed by atoms with Gasteiger partial charge in [-0.15, -0.1) is 0 Å². The molecule has 0 aliphatic rings. The highest BCUT2D eigenvalue weighted by Gasteiger charge is 2.15. The number of benzene rings is 2. The number of aromatic nitrogens is 3. The van der Waals surface area contributed by atoms with Gasteiger partial charge in [-0.25, -0.2) is 9.97 Å². The van der Waals surface area contributed by atoms with E-state index in [0.29, 0.717) is 33.5 Å². The largest absolute Gasteiger partial charge is 0.423 e. The van der Waals surface area contributed by atoms with E-state index < -0.39 is 0 Å². The van der Waals surface area contributed by atoms with Crippen LogP contribution < -0.4 is 5.32 Å². The molecule has 2 aromatic carbocycles. The second kappa shape index (κ2) is 6.47. The number of oxazole rings is 1. The number of hydrogen-bond acceptors (Lipinski definition) is 6. The average Bonchev–Trinajstić information content (AvgIpc) is 3.04. The van der Waals surface area contributed by atoms with Gasteiger partial charge in [-0.2, -0.15) is 10.2 Å². The summed E-state index contributed by atoms with van der Waals surface area (Å²) in [4.78, 5) is 13.2. The summed E-state index contributed by atoms with van der Waals surface area (Å²) in [7, 11) is 0. The van der Waals surface area contributed by atoms with Gasteiger partial charge in [0.1, 0.15) is 11.6 Å². The van der Waals surface area contributed by atoms with E-state index in [0.717, 1.165) is 11.1 Å². The van der Waals surface area contributed by atoms with Crippen LogP contribution in [-0.2, 0) is 0 Å². The standard InChI is InChI=1S/C19H12ClN5O/c1-11-14(10-21)17(12-6-8-13(20)9-7-12)24-18(22-11)25-19-23-15-4-2-3-5-16(15)26-19/h2-9H,1H3,(H,22,23,24,25). The zero-order valence-electron chi connectivity index (χ0n) is 13.7. The summed E-state index contributed by atoms with van der Waals surface area (Å²) in [6, 6.07) is 17.0. The van der Waals surface area contributed by atoms with Gasteiger partial charge >= 0.3 is 6.01 Å². The Morgan fingerprint density at radius 1 is 1.04 bits per heavy atom. The van der Waals surface area contributed by atoms with Crippen molar-refractivity contribution >= 4 is 34.7 Å². The summed E-state index contributed by atoms with van der Waals surface area (Å²) < 4.78 is 5.65. The Bertz CT molecular complexity index is 1110. The second-order valence-corrected chi connectivity index (χ2v) is 6.02. The summed E-state index contributed by atoms with van der Waals surface area (Å²) in [6.45, 7) is 1.76. The highest BCUT2D eigenvalue weighted by molar-refractivity contribution is 6.30. The number of hydrogen-bond donors (Lipinski definition) is 1. The molecule has 2 heterocycles. The number of fused-ring (bicyclic) bond motifs is 1. The summed E-state index contributed by atoms with van der Waals surface area (Å²) >= 11 is 5.95. The zero-order chi connectivity index (χ0) is 18.1. The minimum Gasteiger partial charge on any atom is -0.423 e. The molecule has 7 heteroatoms. The Labute approximate surface area is 154 Å². The van der Waals surface area contributed by atoms with Gasteiger partial charge < -0.3 is 4.42 Å². The van der Waals surface area contributed by atoms with Crippen molar-refractivity contribution in [3.8, 4) is 17.3 Å². The fourth-order valence-electron chi connectivity index (χ4n) is 2.60. The molecule has 0 aliphatic heterocycles. The Hall–Kier alpha value is -3.43. The van der Waals surface area contributed by atoms with Crippen LogP contribution >= 0.6 is 11.6 Å². The maximum Gasteiger partial charge on any atom is 0.302 e. The molecular weight excluding hydrogens is 350 g/mol. The number of nitrogens with zero attached hydrogens (tertiary/aromatic N) is 4. The van der Waals surface area contributed by atoms with Gasteiger partial charge in [0.05, 0.1) is 17.0 Å². The second-order valence-electron chi connectivity index (χ2n) is 5.59. The maximum absolute atomic E-state index is 9.48. The van der Waals surface area contributed by atoms with Crippen LogP contribution in [0.25, 0.3) is 22.4 Å². The summed E-state index contributed by atoms with van der Waals surface area (Å²) in [5.41, 5.74) is 3.67. The summed E-state index contributed by atoms with van der Waals surface area (Å²) in [5.74, 6) is 0.304. The van der Waals surface area contributed by atoms with Gasteiger partial charge in [0.25, 0.3) is 0 Å². The van der Waals surface area contributed by atoms with Gasteiger partial charge in [0, 0.05) is 10.6 Å². The highest BCUT2D eigenvalue weighted by Crippen LogP contribution is 2.27.